The van der Waals surface area contributed by atoms with E-state index in [9.17, 15) is 13.6 Å². The van der Waals surface area contributed by atoms with Crippen molar-refractivity contribution in [2.24, 2.45) is 0 Å². The van der Waals surface area contributed by atoms with E-state index in [0.29, 0.717) is 29.4 Å². The van der Waals surface area contributed by atoms with Crippen LogP contribution in [0.1, 0.15) is 17.3 Å². The second kappa shape index (κ2) is 8.74. The first-order valence-electron chi connectivity index (χ1n) is 9.57. The quantitative estimate of drug-likeness (QED) is 0.484. The first-order valence-corrected chi connectivity index (χ1v) is 9.57. The van der Waals surface area contributed by atoms with Crippen LogP contribution in [0.25, 0.3) is 17.1 Å². The van der Waals surface area contributed by atoms with Gasteiger partial charge in [-0.3, -0.25) is 4.79 Å². The molecule has 1 N–H and O–H groups in total. The molecule has 0 aliphatic carbocycles. The second-order valence-corrected chi connectivity index (χ2v) is 6.55. The van der Waals surface area contributed by atoms with Crippen molar-refractivity contribution in [1.29, 1.82) is 0 Å². The number of aromatic nitrogens is 3. The zero-order valence-corrected chi connectivity index (χ0v) is 16.5. The van der Waals surface area contributed by atoms with Gasteiger partial charge in [0.25, 0.3) is 5.91 Å². The predicted molar refractivity (Wildman–Crippen MR) is 112 cm³/mol. The highest BCUT2D eigenvalue weighted by Crippen LogP contribution is 2.25. The number of carbonyl (C=O) groups is 1. The van der Waals surface area contributed by atoms with E-state index in [4.69, 9.17) is 4.74 Å². The lowest BCUT2D eigenvalue weighted by atomic mass is 10.2. The Hall–Kier alpha value is -4.07. The van der Waals surface area contributed by atoms with E-state index < -0.39 is 11.7 Å². The average Bonchev–Trinajstić information content (AvgIpc) is 3.19. The van der Waals surface area contributed by atoms with Gasteiger partial charge in [-0.1, -0.05) is 12.1 Å². The van der Waals surface area contributed by atoms with Gasteiger partial charge in [-0.2, -0.15) is 4.98 Å². The zero-order valence-electron chi connectivity index (χ0n) is 16.5. The van der Waals surface area contributed by atoms with E-state index in [1.165, 1.54) is 30.3 Å². The molecule has 1 aromatic heterocycles. The minimum Gasteiger partial charge on any atom is -0.463 e. The molecule has 0 fully saturated rings. The molecule has 0 aliphatic heterocycles. The third-order valence-electron chi connectivity index (χ3n) is 4.45. The smallest absolute Gasteiger partial charge is 0.336 e. The molecule has 4 rings (SSSR count). The van der Waals surface area contributed by atoms with Crippen LogP contribution in [0.4, 0.5) is 14.5 Å². The Balaban J connectivity index is 1.62. The summed E-state index contributed by atoms with van der Waals surface area (Å²) in [6.45, 7) is 2.22. The van der Waals surface area contributed by atoms with Crippen molar-refractivity contribution in [3.05, 3.63) is 90.0 Å². The molecule has 31 heavy (non-hydrogen) atoms. The third-order valence-corrected chi connectivity index (χ3v) is 4.45. The summed E-state index contributed by atoms with van der Waals surface area (Å²) in [5.74, 6) is -1.01. The highest BCUT2D eigenvalue weighted by atomic mass is 19.1. The van der Waals surface area contributed by atoms with Gasteiger partial charge in [0.15, 0.2) is 5.82 Å². The van der Waals surface area contributed by atoms with E-state index in [0.717, 1.165) is 0 Å². The molecule has 6 nitrogen and oxygen atoms in total. The third kappa shape index (κ3) is 4.42. The Morgan fingerprint density at radius 2 is 1.71 bits per heavy atom. The van der Waals surface area contributed by atoms with Crippen molar-refractivity contribution < 1.29 is 18.3 Å². The van der Waals surface area contributed by atoms with Gasteiger partial charge in [0.05, 0.1) is 17.9 Å². The van der Waals surface area contributed by atoms with E-state index in [1.807, 2.05) is 6.92 Å². The molecule has 0 unspecified atom stereocenters. The van der Waals surface area contributed by atoms with E-state index in [-0.39, 0.29) is 17.4 Å². The van der Waals surface area contributed by atoms with Crippen molar-refractivity contribution in [3.8, 4) is 23.1 Å². The predicted octanol–water partition coefficient (Wildman–Crippen LogP) is 4.86. The summed E-state index contributed by atoms with van der Waals surface area (Å²) < 4.78 is 34.1. The zero-order chi connectivity index (χ0) is 21.8. The van der Waals surface area contributed by atoms with Crippen LogP contribution in [0.5, 0.6) is 6.01 Å². The van der Waals surface area contributed by atoms with Crippen LogP contribution in [0, 0.1) is 11.6 Å². The Morgan fingerprint density at radius 3 is 2.39 bits per heavy atom. The van der Waals surface area contributed by atoms with Gasteiger partial charge in [0.1, 0.15) is 11.6 Å². The van der Waals surface area contributed by atoms with Gasteiger partial charge in [0, 0.05) is 11.3 Å². The first kappa shape index (κ1) is 20.2. The molecule has 0 saturated carbocycles. The molecular formula is C23H18F2N4O2. The first-order chi connectivity index (χ1) is 15.0. The number of benzene rings is 3. The van der Waals surface area contributed by atoms with Gasteiger partial charge in [-0.05, 0) is 67.6 Å². The number of nitrogens with one attached hydrogen (secondary N) is 1. The fourth-order valence-electron chi connectivity index (χ4n) is 2.98. The molecule has 0 radical (unpaired) electrons. The Morgan fingerprint density at radius 1 is 1.00 bits per heavy atom. The van der Waals surface area contributed by atoms with Gasteiger partial charge < -0.3 is 10.1 Å². The standard InChI is InChI=1S/C23H18F2N4O2/c1-2-31-23-27-21(15-7-9-16(24)10-8-15)29(28-23)18-13-11-17(12-14-18)26-22(30)19-5-3-4-6-20(19)25/h3-14H,2H2,1H3,(H,26,30). The van der Waals surface area contributed by atoms with Crippen LogP contribution in [-0.4, -0.2) is 27.3 Å². The van der Waals surface area contributed by atoms with Crippen molar-refractivity contribution in [1.82, 2.24) is 14.8 Å². The van der Waals surface area contributed by atoms with Crippen LogP contribution >= 0.6 is 0 Å². The highest BCUT2D eigenvalue weighted by molar-refractivity contribution is 6.04. The topological polar surface area (TPSA) is 69.0 Å². The molecule has 8 heteroatoms. The summed E-state index contributed by atoms with van der Waals surface area (Å²) in [6.07, 6.45) is 0. The number of nitrogens with zero attached hydrogens (tertiary/aromatic N) is 3. The van der Waals surface area contributed by atoms with Gasteiger partial charge in [0.2, 0.25) is 0 Å². The average molecular weight is 420 g/mol. The number of anilines is 1. The monoisotopic (exact) mass is 420 g/mol. The maximum Gasteiger partial charge on any atom is 0.336 e. The van der Waals surface area contributed by atoms with Crippen molar-refractivity contribution >= 4 is 11.6 Å². The van der Waals surface area contributed by atoms with Crippen LogP contribution in [0.15, 0.2) is 72.8 Å². The van der Waals surface area contributed by atoms with Crippen molar-refractivity contribution in [3.63, 3.8) is 0 Å². The molecule has 1 amide bonds. The highest BCUT2D eigenvalue weighted by Gasteiger charge is 2.15. The Bertz CT molecular complexity index is 1210. The molecule has 3 aromatic carbocycles. The van der Waals surface area contributed by atoms with Gasteiger partial charge in [-0.15, -0.1) is 5.10 Å². The summed E-state index contributed by atoms with van der Waals surface area (Å²) >= 11 is 0. The van der Waals surface area contributed by atoms with E-state index in [1.54, 1.807) is 47.1 Å². The normalized spacial score (nSPS) is 10.7. The number of carbonyl (C=O) groups excluding carboxylic acids is 1. The van der Waals surface area contributed by atoms with Crippen LogP contribution in [0.3, 0.4) is 0 Å². The maximum absolute atomic E-state index is 13.8. The molecule has 0 bridgehead atoms. The van der Waals surface area contributed by atoms with Crippen molar-refractivity contribution in [2.45, 2.75) is 6.92 Å². The summed E-state index contributed by atoms with van der Waals surface area (Å²) in [6, 6.07) is 18.7. The van der Waals surface area contributed by atoms with Crippen LogP contribution < -0.4 is 10.1 Å². The number of rotatable bonds is 6. The van der Waals surface area contributed by atoms with Gasteiger partial charge >= 0.3 is 6.01 Å². The largest absolute Gasteiger partial charge is 0.463 e. The number of halogens is 2. The lowest BCUT2D eigenvalue weighted by Gasteiger charge is -2.09. The molecule has 0 atom stereocenters. The molecule has 0 saturated heterocycles. The fraction of sp³-hybridized carbons (Fsp3) is 0.0870. The van der Waals surface area contributed by atoms with Crippen LogP contribution in [-0.2, 0) is 0 Å². The fourth-order valence-corrected chi connectivity index (χ4v) is 2.98. The lowest BCUT2D eigenvalue weighted by molar-refractivity contribution is 0.102. The Kier molecular flexibility index (Phi) is 5.70. The Labute approximate surface area is 177 Å². The summed E-state index contributed by atoms with van der Waals surface area (Å²) in [5.41, 5.74) is 1.77. The molecule has 156 valence electrons. The summed E-state index contributed by atoms with van der Waals surface area (Å²) in [5, 5.41) is 7.04. The SMILES string of the molecule is CCOc1nc(-c2ccc(F)cc2)n(-c2ccc(NC(=O)c3ccccc3F)cc2)n1. The number of hydrogen-bond acceptors (Lipinski definition) is 4. The minimum absolute atomic E-state index is 0.0391. The van der Waals surface area contributed by atoms with E-state index >= 15 is 0 Å². The summed E-state index contributed by atoms with van der Waals surface area (Å²) in [4.78, 5) is 16.7. The minimum atomic E-state index is -0.591. The lowest BCUT2D eigenvalue weighted by Crippen LogP contribution is -2.13. The van der Waals surface area contributed by atoms with Gasteiger partial charge in [-0.25, -0.2) is 13.5 Å². The van der Waals surface area contributed by atoms with Crippen LogP contribution in [0.2, 0.25) is 0 Å². The second-order valence-electron chi connectivity index (χ2n) is 6.55. The van der Waals surface area contributed by atoms with E-state index in [2.05, 4.69) is 15.4 Å². The molecular weight excluding hydrogens is 402 g/mol. The molecule has 1 heterocycles. The summed E-state index contributed by atoms with van der Waals surface area (Å²) in [7, 11) is 0. The van der Waals surface area contributed by atoms with Crippen molar-refractivity contribution in [2.75, 3.05) is 11.9 Å². The molecule has 0 aliphatic rings. The molecule has 0 spiro atoms. The number of ether oxygens (including phenoxy) is 1. The number of hydrogen-bond donors (Lipinski definition) is 1. The molecule has 4 aromatic rings. The number of amides is 1. The maximum atomic E-state index is 13.8.